The first-order chi connectivity index (χ1) is 1.73. The molecule has 8 heavy (non-hydrogen) atoms. The van der Waals surface area contributed by atoms with Crippen molar-refractivity contribution in [2.24, 2.45) is 0 Å². The number of carboxylic acid groups (broad SMARTS) is 1. The fraction of sp³-hybridized carbons (Fsp3) is 0.500. The molecule has 0 amide bonds. The molecule has 0 saturated carbocycles. The van der Waals surface area contributed by atoms with Crippen LogP contribution in [0.1, 0.15) is 12.6 Å². The van der Waals surface area contributed by atoms with Crippen molar-refractivity contribution >= 4 is 66.8 Å². The average Bonchev–Trinajstić information content (AvgIpc) is 0.811. The standard InChI is InChI=1S/C2H4O2.Ca.Mg.2H2O.4H/c1-2(3)4;;;;;;;;/h1H3,(H,3,4);;;2*1H2;;;;/q;2*+2;;;4*-1. The predicted molar refractivity (Wildman–Crippen MR) is 36.5 cm³/mol. The quantitative estimate of drug-likeness (QED) is 0.424. The molecule has 0 aromatic rings. The van der Waals surface area contributed by atoms with Gasteiger partial charge in [-0.25, -0.2) is 0 Å². The Morgan fingerprint density at radius 1 is 1.50 bits per heavy atom. The summed E-state index contributed by atoms with van der Waals surface area (Å²) in [6, 6.07) is 0. The minimum absolute atomic E-state index is 0. The first kappa shape index (κ1) is 34.2. The summed E-state index contributed by atoms with van der Waals surface area (Å²) in [5, 5.41) is 7.42. The first-order valence-electron chi connectivity index (χ1n) is 0.928. The SMILES string of the molecule is CC(=O)O.O.O.[Ca+2].[H-].[H-].[H-].[H-].[Mg+2]. The van der Waals surface area contributed by atoms with E-state index in [1.165, 1.54) is 0 Å². The van der Waals surface area contributed by atoms with Crippen molar-refractivity contribution < 1.29 is 26.6 Å². The zero-order valence-electron chi connectivity index (χ0n) is 8.77. The molecule has 48 valence electrons. The van der Waals surface area contributed by atoms with Crippen LogP contribution in [0.4, 0.5) is 0 Å². The largest absolute Gasteiger partial charge is 2.00 e. The van der Waals surface area contributed by atoms with Gasteiger partial charge < -0.3 is 21.8 Å². The molecule has 4 nitrogen and oxygen atoms in total. The number of carboxylic acids is 1. The third kappa shape index (κ3) is 152. The summed E-state index contributed by atoms with van der Waals surface area (Å²) in [6.07, 6.45) is 0. The Balaban J connectivity index is -0.00000000161. The average molecular weight is 164 g/mol. The number of rotatable bonds is 0. The van der Waals surface area contributed by atoms with Crippen molar-refractivity contribution in [1.29, 1.82) is 0 Å². The maximum Gasteiger partial charge on any atom is 2.00 e. The van der Waals surface area contributed by atoms with Crippen molar-refractivity contribution in [3.05, 3.63) is 0 Å². The monoisotopic (exact) mass is 164 g/mol. The van der Waals surface area contributed by atoms with Gasteiger partial charge in [0, 0.05) is 6.92 Å². The van der Waals surface area contributed by atoms with Gasteiger partial charge in [0.05, 0.1) is 0 Å². The van der Waals surface area contributed by atoms with Crippen molar-refractivity contribution in [2.45, 2.75) is 6.92 Å². The van der Waals surface area contributed by atoms with Gasteiger partial charge in [-0.05, 0) is 0 Å². The van der Waals surface area contributed by atoms with Crippen LogP contribution in [0.5, 0.6) is 0 Å². The molecule has 0 aromatic heterocycles. The van der Waals surface area contributed by atoms with Gasteiger partial charge in [-0.15, -0.1) is 0 Å². The fourth-order valence-corrected chi connectivity index (χ4v) is 0. The van der Waals surface area contributed by atoms with Crippen LogP contribution in [0, 0.1) is 0 Å². The van der Waals surface area contributed by atoms with Gasteiger partial charge in [0.1, 0.15) is 0 Å². The van der Waals surface area contributed by atoms with E-state index in [4.69, 9.17) is 9.90 Å². The third-order valence-corrected chi connectivity index (χ3v) is 0. The van der Waals surface area contributed by atoms with Gasteiger partial charge >= 0.3 is 60.8 Å². The van der Waals surface area contributed by atoms with Crippen LogP contribution in [0.3, 0.4) is 0 Å². The summed E-state index contributed by atoms with van der Waals surface area (Å²) in [6.45, 7) is 1.08. The van der Waals surface area contributed by atoms with Crippen LogP contribution in [0.15, 0.2) is 0 Å². The maximum absolute atomic E-state index is 9.00. The zero-order valence-corrected chi connectivity index (χ0v) is 8.39. The van der Waals surface area contributed by atoms with E-state index in [0.29, 0.717) is 0 Å². The Morgan fingerprint density at radius 3 is 1.50 bits per heavy atom. The Labute approximate surface area is 99.3 Å². The van der Waals surface area contributed by atoms with Crippen LogP contribution in [0.25, 0.3) is 0 Å². The van der Waals surface area contributed by atoms with Crippen molar-refractivity contribution in [3.63, 3.8) is 0 Å². The Kier molecular flexibility index (Phi) is 101. The molecule has 0 aliphatic heterocycles. The van der Waals surface area contributed by atoms with Gasteiger partial charge in [0.15, 0.2) is 0 Å². The van der Waals surface area contributed by atoms with Gasteiger partial charge in [0.2, 0.25) is 0 Å². The second-order valence-electron chi connectivity index (χ2n) is 0.519. The molecule has 0 aromatic carbocycles. The van der Waals surface area contributed by atoms with Crippen LogP contribution < -0.4 is 0 Å². The van der Waals surface area contributed by atoms with Crippen LogP contribution >= 0.6 is 0 Å². The molecule has 0 radical (unpaired) electrons. The van der Waals surface area contributed by atoms with E-state index in [9.17, 15) is 0 Å². The van der Waals surface area contributed by atoms with E-state index in [2.05, 4.69) is 0 Å². The van der Waals surface area contributed by atoms with Gasteiger partial charge in [-0.1, -0.05) is 0 Å². The predicted octanol–water partition coefficient (Wildman–Crippen LogP) is -1.87. The van der Waals surface area contributed by atoms with Gasteiger partial charge in [-0.2, -0.15) is 0 Å². The minimum Gasteiger partial charge on any atom is -1.00 e. The van der Waals surface area contributed by atoms with Crippen molar-refractivity contribution in [2.75, 3.05) is 0 Å². The van der Waals surface area contributed by atoms with E-state index in [-0.39, 0.29) is 77.4 Å². The molecule has 0 aliphatic rings. The molecule has 0 rings (SSSR count). The van der Waals surface area contributed by atoms with Crippen molar-refractivity contribution in [1.82, 2.24) is 0 Å². The fourth-order valence-electron chi connectivity index (χ4n) is 0. The molecule has 0 spiro atoms. The van der Waals surface area contributed by atoms with E-state index < -0.39 is 5.97 Å². The van der Waals surface area contributed by atoms with Gasteiger partial charge in [0.25, 0.3) is 5.97 Å². The summed E-state index contributed by atoms with van der Waals surface area (Å²) in [7, 11) is 0. The van der Waals surface area contributed by atoms with Crippen LogP contribution in [0.2, 0.25) is 0 Å². The van der Waals surface area contributed by atoms with Crippen molar-refractivity contribution in [3.8, 4) is 0 Å². The summed E-state index contributed by atoms with van der Waals surface area (Å²) in [5.41, 5.74) is 0. The summed E-state index contributed by atoms with van der Waals surface area (Å²) in [4.78, 5) is 9.00. The molecule has 0 bridgehead atoms. The Bertz CT molecular complexity index is 48.0. The second kappa shape index (κ2) is 23.7. The number of hydrogen-bond acceptors (Lipinski definition) is 1. The Hall–Kier alpha value is 1.42. The second-order valence-corrected chi connectivity index (χ2v) is 0.519. The molecule has 6 heteroatoms. The van der Waals surface area contributed by atoms with Crippen LogP contribution in [-0.4, -0.2) is 82.8 Å². The summed E-state index contributed by atoms with van der Waals surface area (Å²) >= 11 is 0. The van der Waals surface area contributed by atoms with E-state index in [1.807, 2.05) is 0 Å². The molecule has 0 aliphatic carbocycles. The summed E-state index contributed by atoms with van der Waals surface area (Å²) < 4.78 is 0. The molecule has 0 unspecified atom stereocenters. The molecular weight excluding hydrogens is 152 g/mol. The number of aliphatic carboxylic acids is 1. The molecular formula is C2H12CaMgO4. The number of hydrogen-bond donors (Lipinski definition) is 1. The van der Waals surface area contributed by atoms with Crippen LogP contribution in [-0.2, 0) is 4.79 Å². The molecule has 0 heterocycles. The van der Waals surface area contributed by atoms with Gasteiger partial charge in [-0.3, -0.25) is 4.79 Å². The maximum atomic E-state index is 9.00. The van der Waals surface area contributed by atoms with E-state index >= 15 is 0 Å². The zero-order chi connectivity index (χ0) is 3.58. The topological polar surface area (TPSA) is 100 Å². The van der Waals surface area contributed by atoms with E-state index in [0.717, 1.165) is 6.92 Å². The molecule has 0 saturated heterocycles. The molecule has 5 N–H and O–H groups in total. The van der Waals surface area contributed by atoms with E-state index in [1.54, 1.807) is 0 Å². The normalized spacial score (nSPS) is 3.12. The molecule has 0 fully saturated rings. The smallest absolute Gasteiger partial charge is 1.00 e. The first-order valence-corrected chi connectivity index (χ1v) is 0.928. The third-order valence-electron chi connectivity index (χ3n) is 0. The molecule has 0 atom stereocenters. The minimum atomic E-state index is -0.833. The number of carbonyl (C=O) groups is 1. The summed E-state index contributed by atoms with van der Waals surface area (Å²) in [5.74, 6) is -0.833. The Morgan fingerprint density at radius 2 is 1.50 bits per heavy atom.